The first-order chi connectivity index (χ1) is 5.45. The number of rotatable bonds is 0. The first-order valence-corrected chi connectivity index (χ1v) is 4.39. The van der Waals surface area contributed by atoms with Gasteiger partial charge in [0.05, 0.1) is 6.20 Å². The molecule has 0 aliphatic heterocycles. The highest BCUT2D eigenvalue weighted by Crippen LogP contribution is 2.48. The summed E-state index contributed by atoms with van der Waals surface area (Å²) in [5.74, 6) is 2.69. The lowest BCUT2D eigenvalue weighted by atomic mass is 9.70. The Balaban J connectivity index is 2.19. The molecule has 0 saturated heterocycles. The Hall–Kier alpha value is -0.790. The molecule has 4 rings (SSSR count). The Morgan fingerprint density at radius 1 is 1.18 bits per heavy atom. The molecule has 3 aliphatic carbocycles. The van der Waals surface area contributed by atoms with Crippen molar-refractivity contribution >= 4 is 0 Å². The Morgan fingerprint density at radius 3 is 2.64 bits per heavy atom. The second-order valence-corrected chi connectivity index (χ2v) is 3.69. The van der Waals surface area contributed by atoms with Gasteiger partial charge >= 0.3 is 0 Å². The standard InChI is InChI=1S/C9H11NO/c1-3-7-4-2-6(1)8-5-10-11-9(7)8/h5-7H,1-4H2. The fraction of sp³-hybridized carbons (Fsp3) is 0.667. The first-order valence-electron chi connectivity index (χ1n) is 4.39. The quantitative estimate of drug-likeness (QED) is 0.566. The van der Waals surface area contributed by atoms with Gasteiger partial charge in [-0.3, -0.25) is 0 Å². The zero-order valence-electron chi connectivity index (χ0n) is 6.42. The molecule has 0 spiro atoms. The molecule has 0 amide bonds. The second kappa shape index (κ2) is 1.87. The minimum absolute atomic E-state index is 0.706. The van der Waals surface area contributed by atoms with Crippen LogP contribution in [-0.4, -0.2) is 5.16 Å². The fourth-order valence-corrected chi connectivity index (χ4v) is 2.54. The van der Waals surface area contributed by atoms with E-state index in [0.717, 1.165) is 5.92 Å². The van der Waals surface area contributed by atoms with Crippen molar-refractivity contribution in [3.8, 4) is 0 Å². The van der Waals surface area contributed by atoms with Gasteiger partial charge in [-0.15, -0.1) is 0 Å². The third-order valence-electron chi connectivity index (χ3n) is 3.17. The highest BCUT2D eigenvalue weighted by atomic mass is 16.5. The zero-order valence-corrected chi connectivity index (χ0v) is 6.42. The van der Waals surface area contributed by atoms with Gasteiger partial charge < -0.3 is 4.52 Å². The van der Waals surface area contributed by atoms with E-state index in [1.165, 1.54) is 37.0 Å². The van der Waals surface area contributed by atoms with Crippen LogP contribution in [0.5, 0.6) is 0 Å². The molecule has 0 N–H and O–H groups in total. The average molecular weight is 149 g/mol. The maximum atomic E-state index is 5.24. The first kappa shape index (κ1) is 5.81. The molecule has 1 aromatic heterocycles. The lowest BCUT2D eigenvalue weighted by Gasteiger charge is -2.33. The van der Waals surface area contributed by atoms with Crippen LogP contribution in [0.15, 0.2) is 10.7 Å². The van der Waals surface area contributed by atoms with E-state index >= 15 is 0 Å². The highest BCUT2D eigenvalue weighted by molar-refractivity contribution is 5.28. The van der Waals surface area contributed by atoms with Crippen LogP contribution in [0.1, 0.15) is 48.8 Å². The number of hydrogen-bond acceptors (Lipinski definition) is 2. The van der Waals surface area contributed by atoms with Crippen molar-refractivity contribution in [1.82, 2.24) is 5.16 Å². The molecule has 1 aromatic rings. The van der Waals surface area contributed by atoms with Crippen LogP contribution < -0.4 is 0 Å². The second-order valence-electron chi connectivity index (χ2n) is 3.69. The van der Waals surface area contributed by atoms with Crippen molar-refractivity contribution in [1.29, 1.82) is 0 Å². The number of aromatic nitrogens is 1. The summed E-state index contributed by atoms with van der Waals surface area (Å²) in [6.07, 6.45) is 7.29. The molecular weight excluding hydrogens is 138 g/mol. The van der Waals surface area contributed by atoms with Crippen molar-refractivity contribution in [3.63, 3.8) is 0 Å². The summed E-state index contributed by atoms with van der Waals surface area (Å²) in [7, 11) is 0. The predicted molar refractivity (Wildman–Crippen MR) is 40.5 cm³/mol. The molecule has 0 unspecified atom stereocenters. The molecule has 0 atom stereocenters. The van der Waals surface area contributed by atoms with Crippen LogP contribution in [0.4, 0.5) is 0 Å². The van der Waals surface area contributed by atoms with E-state index < -0.39 is 0 Å². The minimum Gasteiger partial charge on any atom is -0.361 e. The molecule has 0 radical (unpaired) electrons. The van der Waals surface area contributed by atoms with Gasteiger partial charge in [0.15, 0.2) is 0 Å². The van der Waals surface area contributed by atoms with E-state index in [2.05, 4.69) is 5.16 Å². The van der Waals surface area contributed by atoms with Crippen LogP contribution in [0.3, 0.4) is 0 Å². The number of hydrogen-bond donors (Lipinski definition) is 0. The molecule has 1 fully saturated rings. The molecule has 58 valence electrons. The largest absolute Gasteiger partial charge is 0.361 e. The van der Waals surface area contributed by atoms with Crippen molar-refractivity contribution in [3.05, 3.63) is 17.5 Å². The van der Waals surface area contributed by atoms with Crippen molar-refractivity contribution < 1.29 is 4.52 Å². The van der Waals surface area contributed by atoms with Crippen LogP contribution >= 0.6 is 0 Å². The fourth-order valence-electron chi connectivity index (χ4n) is 2.54. The van der Waals surface area contributed by atoms with Gasteiger partial charge in [0.2, 0.25) is 0 Å². The normalized spacial score (nSPS) is 33.8. The van der Waals surface area contributed by atoms with E-state index in [4.69, 9.17) is 4.52 Å². The molecule has 2 bridgehead atoms. The Morgan fingerprint density at radius 2 is 1.91 bits per heavy atom. The molecule has 3 aliphatic rings. The number of nitrogens with zero attached hydrogens (tertiary/aromatic N) is 1. The smallest absolute Gasteiger partial charge is 0.143 e. The van der Waals surface area contributed by atoms with Crippen LogP contribution in [-0.2, 0) is 0 Å². The summed E-state index contributed by atoms with van der Waals surface area (Å²) < 4.78 is 5.24. The summed E-state index contributed by atoms with van der Waals surface area (Å²) in [6.45, 7) is 0. The lowest BCUT2D eigenvalue weighted by Crippen LogP contribution is -2.19. The summed E-state index contributed by atoms with van der Waals surface area (Å²) >= 11 is 0. The van der Waals surface area contributed by atoms with Crippen molar-refractivity contribution in [2.24, 2.45) is 0 Å². The average Bonchev–Trinajstić information content (AvgIpc) is 2.55. The molecule has 0 aromatic carbocycles. The van der Waals surface area contributed by atoms with E-state index in [0.29, 0.717) is 5.92 Å². The molecule has 11 heavy (non-hydrogen) atoms. The van der Waals surface area contributed by atoms with E-state index in [1.807, 2.05) is 6.20 Å². The Kier molecular flexibility index (Phi) is 0.989. The summed E-state index contributed by atoms with van der Waals surface area (Å²) in [4.78, 5) is 0. The Bertz CT molecular complexity index is 244. The third-order valence-corrected chi connectivity index (χ3v) is 3.17. The van der Waals surface area contributed by atoms with E-state index in [1.54, 1.807) is 0 Å². The molecule has 2 heteroatoms. The van der Waals surface area contributed by atoms with E-state index in [9.17, 15) is 0 Å². The summed E-state index contributed by atoms with van der Waals surface area (Å²) in [5.41, 5.74) is 1.41. The molecule has 1 saturated carbocycles. The van der Waals surface area contributed by atoms with Gasteiger partial charge in [0.1, 0.15) is 5.76 Å². The van der Waals surface area contributed by atoms with Gasteiger partial charge in [-0.05, 0) is 31.6 Å². The third kappa shape index (κ3) is 0.647. The number of fused-ring (bicyclic) bond motifs is 2. The lowest BCUT2D eigenvalue weighted by molar-refractivity contribution is 0.278. The van der Waals surface area contributed by atoms with Crippen LogP contribution in [0.2, 0.25) is 0 Å². The van der Waals surface area contributed by atoms with Gasteiger partial charge in [-0.25, -0.2) is 0 Å². The molecule has 1 heterocycles. The monoisotopic (exact) mass is 149 g/mol. The zero-order chi connectivity index (χ0) is 7.26. The van der Waals surface area contributed by atoms with Crippen LogP contribution in [0, 0.1) is 0 Å². The van der Waals surface area contributed by atoms with Gasteiger partial charge in [-0.1, -0.05) is 5.16 Å². The van der Waals surface area contributed by atoms with E-state index in [-0.39, 0.29) is 0 Å². The topological polar surface area (TPSA) is 26.0 Å². The summed E-state index contributed by atoms with van der Waals surface area (Å²) in [6, 6.07) is 0. The van der Waals surface area contributed by atoms with Gasteiger partial charge in [0.25, 0.3) is 0 Å². The van der Waals surface area contributed by atoms with Crippen LogP contribution in [0.25, 0.3) is 0 Å². The van der Waals surface area contributed by atoms with Crippen molar-refractivity contribution in [2.45, 2.75) is 37.5 Å². The van der Waals surface area contributed by atoms with Gasteiger partial charge in [-0.2, -0.15) is 0 Å². The Labute approximate surface area is 65.6 Å². The van der Waals surface area contributed by atoms with Gasteiger partial charge in [0, 0.05) is 11.5 Å². The maximum absolute atomic E-state index is 5.24. The summed E-state index contributed by atoms with van der Waals surface area (Å²) in [5, 5.41) is 3.87. The molecule has 2 nitrogen and oxygen atoms in total. The van der Waals surface area contributed by atoms with Crippen molar-refractivity contribution in [2.75, 3.05) is 0 Å². The SMILES string of the molecule is c1noc2c1C1CCC2CC1. The predicted octanol–water partition coefficient (Wildman–Crippen LogP) is 2.43. The maximum Gasteiger partial charge on any atom is 0.143 e. The highest BCUT2D eigenvalue weighted by Gasteiger charge is 2.35. The minimum atomic E-state index is 0.706. The molecular formula is C9H11NO.